The molecule has 0 aliphatic rings. The predicted octanol–water partition coefficient (Wildman–Crippen LogP) is 5.26. The van der Waals surface area contributed by atoms with Crippen molar-refractivity contribution in [3.05, 3.63) is 63.9 Å². The quantitative estimate of drug-likeness (QED) is 0.688. The molecule has 0 amide bonds. The van der Waals surface area contributed by atoms with Crippen LogP contribution in [0.5, 0.6) is 5.75 Å². The van der Waals surface area contributed by atoms with Gasteiger partial charge in [0.2, 0.25) is 0 Å². The number of halogens is 3. The van der Waals surface area contributed by atoms with Gasteiger partial charge in [-0.3, -0.25) is 0 Å². The Hall–Kier alpha value is -1.06. The van der Waals surface area contributed by atoms with Crippen LogP contribution in [0.15, 0.2) is 36.4 Å². The van der Waals surface area contributed by atoms with Crippen molar-refractivity contribution in [1.29, 1.82) is 0 Å². The SMILES string of the molecule is Cc1ccc(OCc2cccc(F)c2Cl)c(CBr)c1. The van der Waals surface area contributed by atoms with Gasteiger partial charge in [-0.2, -0.15) is 0 Å². The Labute approximate surface area is 125 Å². The summed E-state index contributed by atoms with van der Waals surface area (Å²) in [7, 11) is 0. The molecule has 100 valence electrons. The van der Waals surface area contributed by atoms with E-state index < -0.39 is 5.82 Å². The monoisotopic (exact) mass is 342 g/mol. The van der Waals surface area contributed by atoms with Gasteiger partial charge >= 0.3 is 0 Å². The molecule has 0 saturated heterocycles. The smallest absolute Gasteiger partial charge is 0.142 e. The molecular formula is C15H13BrClFO. The van der Waals surface area contributed by atoms with E-state index >= 15 is 0 Å². The van der Waals surface area contributed by atoms with Crippen molar-refractivity contribution in [2.75, 3.05) is 0 Å². The summed E-state index contributed by atoms with van der Waals surface area (Å²) in [6.45, 7) is 2.28. The van der Waals surface area contributed by atoms with Crippen LogP contribution in [0.3, 0.4) is 0 Å². The maximum absolute atomic E-state index is 13.3. The molecule has 0 spiro atoms. The third-order valence-corrected chi connectivity index (χ3v) is 3.80. The summed E-state index contributed by atoms with van der Waals surface area (Å²) in [4.78, 5) is 0. The summed E-state index contributed by atoms with van der Waals surface area (Å²) in [5, 5.41) is 0.830. The first-order valence-electron chi connectivity index (χ1n) is 5.83. The Kier molecular flexibility index (Phi) is 4.83. The molecule has 0 heterocycles. The molecule has 0 saturated carbocycles. The van der Waals surface area contributed by atoms with Crippen LogP contribution in [0.25, 0.3) is 0 Å². The Bertz CT molecular complexity index is 586. The van der Waals surface area contributed by atoms with Gasteiger partial charge in [-0.15, -0.1) is 0 Å². The molecular weight excluding hydrogens is 331 g/mol. The van der Waals surface area contributed by atoms with E-state index in [1.165, 1.54) is 11.6 Å². The predicted molar refractivity (Wildman–Crippen MR) is 79.6 cm³/mol. The number of alkyl halides is 1. The molecule has 4 heteroatoms. The van der Waals surface area contributed by atoms with Crippen molar-refractivity contribution in [3.8, 4) is 5.75 Å². The zero-order valence-electron chi connectivity index (χ0n) is 10.4. The van der Waals surface area contributed by atoms with E-state index in [-0.39, 0.29) is 11.6 Å². The molecule has 1 nitrogen and oxygen atoms in total. The van der Waals surface area contributed by atoms with E-state index in [2.05, 4.69) is 22.0 Å². The average molecular weight is 344 g/mol. The molecule has 0 unspecified atom stereocenters. The van der Waals surface area contributed by atoms with Gasteiger partial charge < -0.3 is 4.74 Å². The van der Waals surface area contributed by atoms with Crippen LogP contribution in [0.2, 0.25) is 5.02 Å². The largest absolute Gasteiger partial charge is 0.489 e. The van der Waals surface area contributed by atoms with Crippen LogP contribution in [0.1, 0.15) is 16.7 Å². The van der Waals surface area contributed by atoms with Crippen molar-refractivity contribution < 1.29 is 9.13 Å². The van der Waals surface area contributed by atoms with E-state index in [0.29, 0.717) is 10.9 Å². The Morgan fingerprint density at radius 3 is 2.74 bits per heavy atom. The summed E-state index contributed by atoms with van der Waals surface area (Å²) in [6.07, 6.45) is 0. The minimum atomic E-state index is -0.424. The maximum Gasteiger partial charge on any atom is 0.142 e. The van der Waals surface area contributed by atoms with E-state index in [9.17, 15) is 4.39 Å². The number of rotatable bonds is 4. The van der Waals surface area contributed by atoms with Crippen molar-refractivity contribution >= 4 is 27.5 Å². The molecule has 19 heavy (non-hydrogen) atoms. The molecule has 0 aliphatic carbocycles. The van der Waals surface area contributed by atoms with Crippen LogP contribution in [-0.2, 0) is 11.9 Å². The van der Waals surface area contributed by atoms with Crippen LogP contribution < -0.4 is 4.74 Å². The van der Waals surface area contributed by atoms with Crippen LogP contribution >= 0.6 is 27.5 Å². The van der Waals surface area contributed by atoms with Gasteiger partial charge in [-0.05, 0) is 19.1 Å². The first-order chi connectivity index (χ1) is 9.11. The van der Waals surface area contributed by atoms with Gasteiger partial charge in [0.15, 0.2) is 0 Å². The van der Waals surface area contributed by atoms with Crippen LogP contribution in [0.4, 0.5) is 4.39 Å². The zero-order valence-corrected chi connectivity index (χ0v) is 12.8. The highest BCUT2D eigenvalue weighted by Gasteiger charge is 2.08. The summed E-state index contributed by atoms with van der Waals surface area (Å²) in [5.74, 6) is 0.357. The third-order valence-electron chi connectivity index (χ3n) is 2.77. The van der Waals surface area contributed by atoms with Gasteiger partial charge in [0, 0.05) is 16.5 Å². The summed E-state index contributed by atoms with van der Waals surface area (Å²) in [5.41, 5.74) is 2.88. The molecule has 2 aromatic rings. The number of benzene rings is 2. The molecule has 0 aromatic heterocycles. The zero-order chi connectivity index (χ0) is 13.8. The Morgan fingerprint density at radius 2 is 2.00 bits per heavy atom. The van der Waals surface area contributed by atoms with Gasteiger partial charge in [-0.1, -0.05) is 57.4 Å². The van der Waals surface area contributed by atoms with Gasteiger partial charge in [0.05, 0.1) is 5.02 Å². The fraction of sp³-hybridized carbons (Fsp3) is 0.200. The number of hydrogen-bond acceptors (Lipinski definition) is 1. The highest BCUT2D eigenvalue weighted by Crippen LogP contribution is 2.25. The van der Waals surface area contributed by atoms with Crippen LogP contribution in [0, 0.1) is 12.7 Å². The van der Waals surface area contributed by atoms with Crippen molar-refractivity contribution in [3.63, 3.8) is 0 Å². The molecule has 0 bridgehead atoms. The lowest BCUT2D eigenvalue weighted by Crippen LogP contribution is -1.99. The fourth-order valence-corrected chi connectivity index (χ4v) is 2.39. The second-order valence-electron chi connectivity index (χ2n) is 4.25. The Morgan fingerprint density at radius 1 is 1.21 bits per heavy atom. The molecule has 0 radical (unpaired) electrons. The molecule has 2 aromatic carbocycles. The second-order valence-corrected chi connectivity index (χ2v) is 5.19. The summed E-state index contributed by atoms with van der Waals surface area (Å²) < 4.78 is 19.0. The molecule has 2 rings (SSSR count). The summed E-state index contributed by atoms with van der Waals surface area (Å²) >= 11 is 9.32. The van der Waals surface area contributed by atoms with E-state index in [0.717, 1.165) is 11.3 Å². The van der Waals surface area contributed by atoms with E-state index in [1.54, 1.807) is 12.1 Å². The molecule has 0 N–H and O–H groups in total. The number of hydrogen-bond donors (Lipinski definition) is 0. The minimum absolute atomic E-state index is 0.120. The van der Waals surface area contributed by atoms with E-state index in [4.69, 9.17) is 16.3 Å². The Balaban J connectivity index is 2.17. The second kappa shape index (κ2) is 6.40. The number of aryl methyl sites for hydroxylation is 1. The standard InChI is InChI=1S/C15H13BrClFO/c1-10-5-6-14(12(7-10)8-16)19-9-11-3-2-4-13(18)15(11)17/h2-7H,8-9H2,1H3. The average Bonchev–Trinajstić information content (AvgIpc) is 2.41. The highest BCUT2D eigenvalue weighted by atomic mass is 79.9. The fourth-order valence-electron chi connectivity index (χ4n) is 1.77. The topological polar surface area (TPSA) is 9.23 Å². The normalized spacial score (nSPS) is 10.5. The highest BCUT2D eigenvalue weighted by molar-refractivity contribution is 9.08. The van der Waals surface area contributed by atoms with Gasteiger partial charge in [-0.25, -0.2) is 4.39 Å². The molecule has 0 atom stereocenters. The molecule has 0 fully saturated rings. The molecule has 0 aliphatic heterocycles. The van der Waals surface area contributed by atoms with E-state index in [1.807, 2.05) is 19.1 Å². The lowest BCUT2D eigenvalue weighted by Gasteiger charge is -2.12. The van der Waals surface area contributed by atoms with Gasteiger partial charge in [0.1, 0.15) is 18.2 Å². The third kappa shape index (κ3) is 3.48. The van der Waals surface area contributed by atoms with Crippen molar-refractivity contribution in [2.24, 2.45) is 0 Å². The lowest BCUT2D eigenvalue weighted by atomic mass is 10.1. The maximum atomic E-state index is 13.3. The minimum Gasteiger partial charge on any atom is -0.489 e. The van der Waals surface area contributed by atoms with Crippen molar-refractivity contribution in [2.45, 2.75) is 18.9 Å². The van der Waals surface area contributed by atoms with Crippen molar-refractivity contribution in [1.82, 2.24) is 0 Å². The number of ether oxygens (including phenoxy) is 1. The van der Waals surface area contributed by atoms with Gasteiger partial charge in [0.25, 0.3) is 0 Å². The first-order valence-corrected chi connectivity index (χ1v) is 7.33. The first kappa shape index (κ1) is 14.4. The lowest BCUT2D eigenvalue weighted by molar-refractivity contribution is 0.303. The summed E-state index contributed by atoms with van der Waals surface area (Å²) in [6, 6.07) is 10.7. The van der Waals surface area contributed by atoms with Crippen LogP contribution in [-0.4, -0.2) is 0 Å².